The minimum Gasteiger partial charge on any atom is -0.480 e. The number of halogens is 1. The van der Waals surface area contributed by atoms with E-state index in [0.717, 1.165) is 0 Å². The number of thiazole rings is 1. The minimum absolute atomic E-state index is 0.157. The van der Waals surface area contributed by atoms with Crippen molar-refractivity contribution in [3.63, 3.8) is 0 Å². The van der Waals surface area contributed by atoms with Gasteiger partial charge in [0.15, 0.2) is 10.8 Å². The van der Waals surface area contributed by atoms with E-state index in [9.17, 15) is 14.7 Å². The lowest BCUT2D eigenvalue weighted by molar-refractivity contribution is -0.155. The van der Waals surface area contributed by atoms with Crippen molar-refractivity contribution in [1.29, 1.82) is 0 Å². The van der Waals surface area contributed by atoms with Crippen LogP contribution in [0.15, 0.2) is 52.1 Å². The van der Waals surface area contributed by atoms with Gasteiger partial charge in [-0.1, -0.05) is 29.8 Å². The van der Waals surface area contributed by atoms with E-state index < -0.39 is 30.1 Å². The van der Waals surface area contributed by atoms with Crippen LogP contribution in [0.2, 0.25) is 5.02 Å². The predicted molar refractivity (Wildman–Crippen MR) is 128 cm³/mol. The van der Waals surface area contributed by atoms with Crippen molar-refractivity contribution in [1.82, 2.24) is 15.2 Å². The van der Waals surface area contributed by atoms with Gasteiger partial charge in [0, 0.05) is 40.9 Å². The molecule has 2 aromatic rings. The Morgan fingerprint density at radius 1 is 1.38 bits per heavy atom. The molecule has 11 heteroatoms. The Morgan fingerprint density at radius 3 is 2.85 bits per heavy atom. The number of hydrogen-bond donors (Lipinski definition) is 2. The predicted octanol–water partition coefficient (Wildman–Crippen LogP) is 2.88. The number of nitrogens with zero attached hydrogens (tertiary/aromatic N) is 3. The molecule has 0 bridgehead atoms. The number of esters is 1. The molecule has 4 rings (SSSR count). The molecule has 1 aromatic carbocycles. The van der Waals surface area contributed by atoms with Crippen LogP contribution < -0.4 is 5.32 Å². The number of benzene rings is 1. The van der Waals surface area contributed by atoms with Crippen LogP contribution in [0.1, 0.15) is 30.5 Å². The molecule has 0 saturated carbocycles. The lowest BCUT2D eigenvalue weighted by Crippen LogP contribution is -2.56. The monoisotopic (exact) mass is 504 g/mol. The van der Waals surface area contributed by atoms with Crippen molar-refractivity contribution in [3.8, 4) is 0 Å². The molecule has 2 aliphatic rings. The topological polar surface area (TPSA) is 113 Å². The summed E-state index contributed by atoms with van der Waals surface area (Å²) in [5, 5.41) is 16.0. The molecular formula is C23H25ClN4O5S. The van der Waals surface area contributed by atoms with Crippen molar-refractivity contribution in [3.05, 3.63) is 62.7 Å². The van der Waals surface area contributed by atoms with E-state index in [1.807, 2.05) is 17.5 Å². The molecule has 2 N–H and O–H groups in total. The quantitative estimate of drug-likeness (QED) is 0.553. The van der Waals surface area contributed by atoms with Crippen molar-refractivity contribution in [2.24, 2.45) is 4.99 Å². The molecule has 34 heavy (non-hydrogen) atoms. The number of rotatable bonds is 7. The molecule has 1 saturated heterocycles. The average molecular weight is 505 g/mol. The summed E-state index contributed by atoms with van der Waals surface area (Å²) in [5.41, 5.74) is 1.44. The standard InChI is InChI=1S/C23H25ClN4O5S/c1-3-32-23(31)17-16(12-28-9-10-33-13(2)19(28)22(29)30)26-20(21-25-8-11-34-21)27-18(17)14-6-4-5-7-15(14)24/h4-8,11,13,18-19H,3,9-10,12H2,1-2H3,(H,26,27)(H,29,30)/t13-,18+,19+/m1/s1. The number of carbonyl (C=O) groups excluding carboxylic acids is 1. The first-order chi connectivity index (χ1) is 16.4. The smallest absolute Gasteiger partial charge is 0.338 e. The zero-order chi connectivity index (χ0) is 24.2. The number of amidine groups is 1. The molecular weight excluding hydrogens is 480 g/mol. The summed E-state index contributed by atoms with van der Waals surface area (Å²) in [7, 11) is 0. The summed E-state index contributed by atoms with van der Waals surface area (Å²) in [6.07, 6.45) is 1.16. The lowest BCUT2D eigenvalue weighted by Gasteiger charge is -2.38. The summed E-state index contributed by atoms with van der Waals surface area (Å²) >= 11 is 7.92. The number of ether oxygens (including phenoxy) is 2. The third-order valence-electron chi connectivity index (χ3n) is 5.67. The first-order valence-electron chi connectivity index (χ1n) is 10.9. The van der Waals surface area contributed by atoms with Crippen LogP contribution >= 0.6 is 22.9 Å². The highest BCUT2D eigenvalue weighted by molar-refractivity contribution is 7.11. The van der Waals surface area contributed by atoms with Gasteiger partial charge in [-0.05, 0) is 19.9 Å². The van der Waals surface area contributed by atoms with E-state index in [1.165, 1.54) is 11.3 Å². The zero-order valence-electron chi connectivity index (χ0n) is 18.7. The third kappa shape index (κ3) is 5.00. The molecule has 0 radical (unpaired) electrons. The second kappa shape index (κ2) is 10.6. The van der Waals surface area contributed by atoms with Crippen LogP contribution in [0, 0.1) is 0 Å². The molecule has 3 heterocycles. The molecule has 2 aliphatic heterocycles. The van der Waals surface area contributed by atoms with Gasteiger partial charge in [0.25, 0.3) is 0 Å². The molecule has 9 nitrogen and oxygen atoms in total. The van der Waals surface area contributed by atoms with Crippen LogP contribution in [-0.4, -0.2) is 71.2 Å². The number of nitrogens with one attached hydrogen (secondary N) is 1. The van der Waals surface area contributed by atoms with Crippen molar-refractivity contribution in [2.75, 3.05) is 26.3 Å². The Hall–Kier alpha value is -2.79. The number of carbonyl (C=O) groups is 2. The SMILES string of the molecule is CCOC(=O)C1=C(CN2CCO[C@H](C)[C@H]2C(=O)O)NC(c2nccs2)=N[C@H]1c1ccccc1Cl. The van der Waals surface area contributed by atoms with E-state index in [1.54, 1.807) is 37.1 Å². The van der Waals surface area contributed by atoms with Gasteiger partial charge in [-0.25, -0.2) is 9.78 Å². The summed E-state index contributed by atoms with van der Waals surface area (Å²) < 4.78 is 11.0. The molecule has 1 fully saturated rings. The van der Waals surface area contributed by atoms with Gasteiger partial charge < -0.3 is 19.9 Å². The third-order valence-corrected chi connectivity index (χ3v) is 6.79. The fourth-order valence-corrected chi connectivity index (χ4v) is 4.99. The van der Waals surface area contributed by atoms with E-state index in [-0.39, 0.29) is 13.2 Å². The highest BCUT2D eigenvalue weighted by Gasteiger charge is 2.39. The molecule has 0 unspecified atom stereocenters. The molecule has 0 aliphatic carbocycles. The Bertz CT molecular complexity index is 1120. The number of morpholine rings is 1. The maximum atomic E-state index is 13.2. The largest absolute Gasteiger partial charge is 0.480 e. The van der Waals surface area contributed by atoms with E-state index in [0.29, 0.717) is 45.9 Å². The summed E-state index contributed by atoms with van der Waals surface area (Å²) in [6.45, 7) is 4.57. The van der Waals surface area contributed by atoms with E-state index >= 15 is 0 Å². The second-order valence-electron chi connectivity index (χ2n) is 7.81. The fourth-order valence-electron chi connectivity index (χ4n) is 4.16. The molecule has 0 amide bonds. The van der Waals surface area contributed by atoms with Crippen LogP contribution in [0.5, 0.6) is 0 Å². The average Bonchev–Trinajstić information content (AvgIpc) is 3.34. The number of hydrogen-bond acceptors (Lipinski definition) is 9. The van der Waals surface area contributed by atoms with Crippen molar-refractivity contribution < 1.29 is 24.2 Å². The van der Waals surface area contributed by atoms with Gasteiger partial charge in [-0.3, -0.25) is 14.7 Å². The van der Waals surface area contributed by atoms with Gasteiger partial charge >= 0.3 is 11.9 Å². The number of aliphatic imine (C=N–C) groups is 1. The lowest BCUT2D eigenvalue weighted by atomic mass is 9.95. The number of aliphatic carboxylic acids is 1. The van der Waals surface area contributed by atoms with Gasteiger partial charge in [0.05, 0.1) is 24.9 Å². The van der Waals surface area contributed by atoms with Crippen molar-refractivity contribution >= 4 is 40.7 Å². The van der Waals surface area contributed by atoms with E-state index in [4.69, 9.17) is 26.1 Å². The van der Waals surface area contributed by atoms with Crippen LogP contribution in [0.25, 0.3) is 0 Å². The normalized spacial score (nSPS) is 23.3. The molecule has 3 atom stereocenters. The van der Waals surface area contributed by atoms with Gasteiger partial charge in [0.1, 0.15) is 12.1 Å². The van der Waals surface area contributed by atoms with Crippen LogP contribution in [-0.2, 0) is 19.1 Å². The second-order valence-corrected chi connectivity index (χ2v) is 9.11. The number of aromatic nitrogens is 1. The Kier molecular flexibility index (Phi) is 7.62. The molecule has 0 spiro atoms. The first kappa shape index (κ1) is 24.3. The van der Waals surface area contributed by atoms with Gasteiger partial charge in [-0.15, -0.1) is 11.3 Å². The van der Waals surface area contributed by atoms with Gasteiger partial charge in [0.2, 0.25) is 0 Å². The maximum Gasteiger partial charge on any atom is 0.338 e. The number of carboxylic acid groups (broad SMARTS) is 1. The number of carboxylic acids is 1. The van der Waals surface area contributed by atoms with Gasteiger partial charge in [-0.2, -0.15) is 0 Å². The first-order valence-corrected chi connectivity index (χ1v) is 12.1. The summed E-state index contributed by atoms with van der Waals surface area (Å²) in [6, 6.07) is 5.57. The van der Waals surface area contributed by atoms with Crippen LogP contribution in [0.3, 0.4) is 0 Å². The Labute approximate surface area is 206 Å². The van der Waals surface area contributed by atoms with Crippen LogP contribution in [0.4, 0.5) is 0 Å². The highest BCUT2D eigenvalue weighted by atomic mass is 35.5. The highest BCUT2D eigenvalue weighted by Crippen LogP contribution is 2.36. The fraction of sp³-hybridized carbons (Fsp3) is 0.391. The van der Waals surface area contributed by atoms with E-state index in [2.05, 4.69) is 10.3 Å². The molecule has 1 aromatic heterocycles. The Balaban J connectivity index is 1.83. The Morgan fingerprint density at radius 2 is 2.18 bits per heavy atom. The summed E-state index contributed by atoms with van der Waals surface area (Å²) in [5.74, 6) is -1.04. The minimum atomic E-state index is -0.988. The zero-order valence-corrected chi connectivity index (χ0v) is 20.3. The maximum absolute atomic E-state index is 13.2. The van der Waals surface area contributed by atoms with Crippen molar-refractivity contribution in [2.45, 2.75) is 32.0 Å². The molecule has 180 valence electrons. The summed E-state index contributed by atoms with van der Waals surface area (Å²) in [4.78, 5) is 36.2.